The number of carbonyl (C=O) groups excluding carboxylic acids is 3. The van der Waals surface area contributed by atoms with E-state index in [4.69, 9.17) is 0 Å². The number of allylic oxidation sites excluding steroid dienone is 1. The number of carbonyl (C=O) groups is 3. The summed E-state index contributed by atoms with van der Waals surface area (Å²) in [5.41, 5.74) is 3.80. The number of imide groups is 1. The lowest BCUT2D eigenvalue weighted by atomic mass is 9.97. The minimum absolute atomic E-state index is 0.0181. The van der Waals surface area contributed by atoms with Gasteiger partial charge in [0, 0.05) is 25.0 Å². The van der Waals surface area contributed by atoms with E-state index in [1.807, 2.05) is 46.9 Å². The Labute approximate surface area is 195 Å². The van der Waals surface area contributed by atoms with Crippen LogP contribution in [0.4, 0.5) is 5.82 Å². The van der Waals surface area contributed by atoms with E-state index in [2.05, 4.69) is 21.4 Å². The Bertz CT molecular complexity index is 1090. The molecule has 0 atom stereocenters. The van der Waals surface area contributed by atoms with E-state index in [1.165, 1.54) is 7.05 Å². The molecule has 0 aliphatic carbocycles. The van der Waals surface area contributed by atoms with Crippen LogP contribution in [0.5, 0.6) is 0 Å². The van der Waals surface area contributed by atoms with Crippen LogP contribution >= 0.6 is 0 Å². The van der Waals surface area contributed by atoms with Crippen molar-refractivity contribution in [2.24, 2.45) is 4.99 Å². The molecule has 2 aliphatic rings. The molecule has 4 rings (SSSR count). The molecule has 0 radical (unpaired) electrons. The molecule has 7 heteroatoms. The number of pyridine rings is 1. The largest absolute Gasteiger partial charge is 0.310 e. The molecule has 3 heterocycles. The number of benzene rings is 1. The van der Waals surface area contributed by atoms with Crippen LogP contribution < -0.4 is 5.32 Å². The summed E-state index contributed by atoms with van der Waals surface area (Å²) in [6.45, 7) is 9.83. The minimum atomic E-state index is -0.378. The zero-order valence-corrected chi connectivity index (χ0v) is 20.2. The summed E-state index contributed by atoms with van der Waals surface area (Å²) < 4.78 is 0. The molecule has 33 heavy (non-hydrogen) atoms. The van der Waals surface area contributed by atoms with Crippen molar-refractivity contribution >= 4 is 35.5 Å². The van der Waals surface area contributed by atoms with Gasteiger partial charge in [-0.1, -0.05) is 39.8 Å². The van der Waals surface area contributed by atoms with Crippen LogP contribution in [-0.2, 0) is 11.2 Å². The number of aromatic nitrogens is 1. The average Bonchev–Trinajstić information content (AvgIpc) is 3.06. The van der Waals surface area contributed by atoms with E-state index in [0.29, 0.717) is 22.5 Å². The van der Waals surface area contributed by atoms with Crippen molar-refractivity contribution in [3.8, 4) is 0 Å². The summed E-state index contributed by atoms with van der Waals surface area (Å²) >= 11 is 0. The third kappa shape index (κ3) is 5.80. The summed E-state index contributed by atoms with van der Waals surface area (Å²) in [5, 5.41) is 2.75. The lowest BCUT2D eigenvalue weighted by Gasteiger charge is -2.10. The molecule has 1 aromatic carbocycles. The number of aliphatic imine (C=N–C) groups is 1. The van der Waals surface area contributed by atoms with Crippen molar-refractivity contribution in [1.29, 1.82) is 0 Å². The molecular weight excluding hydrogens is 416 g/mol. The van der Waals surface area contributed by atoms with Gasteiger partial charge < -0.3 is 5.32 Å². The zero-order valence-electron chi connectivity index (χ0n) is 20.2. The van der Waals surface area contributed by atoms with Gasteiger partial charge in [0.2, 0.25) is 5.91 Å². The van der Waals surface area contributed by atoms with Gasteiger partial charge in [-0.25, -0.2) is 4.98 Å². The van der Waals surface area contributed by atoms with Crippen LogP contribution in [-0.4, -0.2) is 40.9 Å². The second-order valence-electron chi connectivity index (χ2n) is 7.15. The van der Waals surface area contributed by atoms with E-state index in [-0.39, 0.29) is 24.1 Å². The zero-order chi connectivity index (χ0) is 24.5. The van der Waals surface area contributed by atoms with E-state index >= 15 is 0 Å². The highest BCUT2D eigenvalue weighted by Crippen LogP contribution is 2.27. The SMILES string of the molecule is CC.CC.Cc1cc(CC(=O)Nc2ccc(C3=CCCC=N3)cn2)c2c(c1)C(=O)N(C)C2=O. The number of nitrogens with one attached hydrogen (secondary N) is 1. The van der Waals surface area contributed by atoms with Gasteiger partial charge in [-0.3, -0.25) is 24.3 Å². The Morgan fingerprint density at radius 1 is 1.06 bits per heavy atom. The van der Waals surface area contributed by atoms with Crippen molar-refractivity contribution in [3.63, 3.8) is 0 Å². The Hall–Kier alpha value is -3.61. The second kappa shape index (κ2) is 11.9. The van der Waals surface area contributed by atoms with Gasteiger partial charge in [0.15, 0.2) is 0 Å². The maximum absolute atomic E-state index is 12.6. The number of rotatable bonds is 4. The Morgan fingerprint density at radius 2 is 1.79 bits per heavy atom. The van der Waals surface area contributed by atoms with Crippen LogP contribution in [0.2, 0.25) is 0 Å². The van der Waals surface area contributed by atoms with Crippen LogP contribution in [0.3, 0.4) is 0 Å². The van der Waals surface area contributed by atoms with E-state index < -0.39 is 0 Å². The molecule has 2 aliphatic heterocycles. The molecule has 0 unspecified atom stereocenters. The third-order valence-corrected chi connectivity index (χ3v) is 4.96. The minimum Gasteiger partial charge on any atom is -0.310 e. The summed E-state index contributed by atoms with van der Waals surface area (Å²) in [5.74, 6) is -0.602. The van der Waals surface area contributed by atoms with Crippen LogP contribution in [0.1, 0.15) is 77.9 Å². The first-order chi connectivity index (χ1) is 15.9. The topological polar surface area (TPSA) is 91.7 Å². The standard InChI is InChI=1S/C22H20N4O3.2C2H6/c1-13-9-15(20-16(10-13)21(28)26(2)22(20)29)11-19(27)25-18-7-6-14(12-24-18)17-5-3-4-8-23-17;2*1-2/h5-10,12H,3-4,11H2,1-2H3,(H,24,25,27);2*1-2H3. The maximum Gasteiger partial charge on any atom is 0.261 e. The number of aryl methyl sites for hydroxylation is 1. The molecule has 1 aromatic heterocycles. The molecule has 0 spiro atoms. The molecule has 1 N–H and O–H groups in total. The summed E-state index contributed by atoms with van der Waals surface area (Å²) in [4.78, 5) is 46.9. The lowest BCUT2D eigenvalue weighted by molar-refractivity contribution is -0.115. The van der Waals surface area contributed by atoms with Gasteiger partial charge >= 0.3 is 0 Å². The van der Waals surface area contributed by atoms with Crippen LogP contribution in [0.15, 0.2) is 41.5 Å². The molecule has 2 aromatic rings. The smallest absolute Gasteiger partial charge is 0.261 e. The Kier molecular flexibility index (Phi) is 9.21. The molecule has 0 saturated carbocycles. The van der Waals surface area contributed by atoms with E-state index in [9.17, 15) is 14.4 Å². The first-order valence-electron chi connectivity index (χ1n) is 11.4. The van der Waals surface area contributed by atoms with E-state index in [1.54, 1.807) is 24.4 Å². The quantitative estimate of drug-likeness (QED) is 0.662. The highest BCUT2D eigenvalue weighted by atomic mass is 16.2. The Morgan fingerprint density at radius 3 is 2.39 bits per heavy atom. The van der Waals surface area contributed by atoms with Gasteiger partial charge in [0.1, 0.15) is 5.82 Å². The molecule has 7 nitrogen and oxygen atoms in total. The molecule has 0 saturated heterocycles. The molecule has 0 bridgehead atoms. The number of anilines is 1. The van der Waals surface area contributed by atoms with Crippen molar-refractivity contribution in [2.45, 2.75) is 53.9 Å². The Balaban J connectivity index is 0.000000914. The third-order valence-electron chi connectivity index (χ3n) is 4.96. The number of fused-ring (bicyclic) bond motifs is 1. The molecule has 0 fully saturated rings. The van der Waals surface area contributed by atoms with Crippen molar-refractivity contribution < 1.29 is 14.4 Å². The molecular formula is C26H32N4O3. The predicted octanol–water partition coefficient (Wildman–Crippen LogP) is 5.05. The van der Waals surface area contributed by atoms with Gasteiger partial charge in [-0.2, -0.15) is 0 Å². The number of nitrogens with zero attached hydrogens (tertiary/aromatic N) is 3. The maximum atomic E-state index is 12.6. The van der Waals surface area contributed by atoms with Crippen LogP contribution in [0.25, 0.3) is 5.70 Å². The highest BCUT2D eigenvalue weighted by Gasteiger charge is 2.35. The highest BCUT2D eigenvalue weighted by molar-refractivity contribution is 6.22. The fraction of sp³-hybridized carbons (Fsp3) is 0.346. The van der Waals surface area contributed by atoms with Crippen molar-refractivity contribution in [3.05, 3.63) is 64.4 Å². The lowest BCUT2D eigenvalue weighted by Crippen LogP contribution is -2.24. The molecule has 174 valence electrons. The van der Waals surface area contributed by atoms with Gasteiger partial charge in [-0.05, 0) is 49.1 Å². The number of amides is 3. The first kappa shape index (κ1) is 25.6. The fourth-order valence-corrected chi connectivity index (χ4v) is 3.54. The summed E-state index contributed by atoms with van der Waals surface area (Å²) in [6.07, 6.45) is 7.49. The van der Waals surface area contributed by atoms with Gasteiger partial charge in [-0.15, -0.1) is 0 Å². The summed E-state index contributed by atoms with van der Waals surface area (Å²) in [6, 6.07) is 7.04. The summed E-state index contributed by atoms with van der Waals surface area (Å²) in [7, 11) is 1.45. The van der Waals surface area contributed by atoms with Crippen molar-refractivity contribution in [1.82, 2.24) is 9.88 Å². The predicted molar refractivity (Wildman–Crippen MR) is 133 cm³/mol. The monoisotopic (exact) mass is 448 g/mol. The second-order valence-corrected chi connectivity index (χ2v) is 7.15. The van der Waals surface area contributed by atoms with E-state index in [0.717, 1.165) is 34.6 Å². The van der Waals surface area contributed by atoms with Gasteiger partial charge in [0.05, 0.1) is 23.2 Å². The molecule has 3 amide bonds. The number of hydrogen-bond acceptors (Lipinski definition) is 5. The van der Waals surface area contributed by atoms with Crippen molar-refractivity contribution in [2.75, 3.05) is 12.4 Å². The number of hydrogen-bond donors (Lipinski definition) is 1. The van der Waals surface area contributed by atoms with Gasteiger partial charge in [0.25, 0.3) is 11.8 Å². The normalized spacial score (nSPS) is 13.9. The fourth-order valence-electron chi connectivity index (χ4n) is 3.54. The van der Waals surface area contributed by atoms with Crippen LogP contribution in [0, 0.1) is 6.92 Å². The average molecular weight is 449 g/mol. The first-order valence-corrected chi connectivity index (χ1v) is 11.4.